The first-order valence-corrected chi connectivity index (χ1v) is 16.8. The van der Waals surface area contributed by atoms with Gasteiger partial charge in [0.15, 0.2) is 0 Å². The first-order chi connectivity index (χ1) is 25.4. The van der Waals surface area contributed by atoms with Crippen molar-refractivity contribution in [2.45, 2.75) is 78.0 Å². The third-order valence-corrected chi connectivity index (χ3v) is 6.25. The van der Waals surface area contributed by atoms with Crippen LogP contribution in [-0.2, 0) is 41.8 Å². The van der Waals surface area contributed by atoms with E-state index in [2.05, 4.69) is 21.3 Å². The zero-order valence-electron chi connectivity index (χ0n) is 31.1. The van der Waals surface area contributed by atoms with Crippen LogP contribution in [0.5, 0.6) is 5.75 Å². The van der Waals surface area contributed by atoms with Gasteiger partial charge in [0.2, 0.25) is 0 Å². The van der Waals surface area contributed by atoms with Crippen molar-refractivity contribution in [2.24, 2.45) is 0 Å². The molecule has 0 bridgehead atoms. The lowest BCUT2D eigenvalue weighted by molar-refractivity contribution is -0.139. The summed E-state index contributed by atoms with van der Waals surface area (Å²) in [6.07, 6.45) is -3.20. The zero-order chi connectivity index (χ0) is 40.1. The molecular formula is C38H48N4O12. The highest BCUT2D eigenvalue weighted by Gasteiger charge is 2.26. The molecule has 0 saturated heterocycles. The van der Waals surface area contributed by atoms with Crippen LogP contribution in [0.3, 0.4) is 0 Å². The minimum atomic E-state index is -1.33. The molecule has 0 radical (unpaired) electrons. The molecule has 0 unspecified atom stereocenters. The average molecular weight is 753 g/mol. The molecule has 0 spiro atoms. The second-order valence-corrected chi connectivity index (χ2v) is 13.4. The number of amides is 4. The zero-order valence-corrected chi connectivity index (χ0v) is 31.1. The number of ether oxygens (including phenoxy) is 5. The Bertz CT molecular complexity index is 1640. The number of esters is 1. The van der Waals surface area contributed by atoms with Gasteiger partial charge in [-0.2, -0.15) is 0 Å². The van der Waals surface area contributed by atoms with Gasteiger partial charge in [0.05, 0.1) is 13.1 Å². The van der Waals surface area contributed by atoms with Crippen molar-refractivity contribution in [3.8, 4) is 5.75 Å². The van der Waals surface area contributed by atoms with Crippen LogP contribution in [0.15, 0.2) is 91.0 Å². The molecule has 3 aromatic rings. The highest BCUT2D eigenvalue weighted by Crippen LogP contribution is 2.11. The Morgan fingerprint density at radius 3 is 1.31 bits per heavy atom. The summed E-state index contributed by atoms with van der Waals surface area (Å²) < 4.78 is 25.5. The second kappa shape index (κ2) is 21.9. The maximum absolute atomic E-state index is 12.5. The topological polar surface area (TPSA) is 217 Å². The quantitative estimate of drug-likeness (QED) is 0.0854. The summed E-state index contributed by atoms with van der Waals surface area (Å²) in [5.74, 6) is -1.75. The summed E-state index contributed by atoms with van der Waals surface area (Å²) in [6, 6.07) is 23.9. The van der Waals surface area contributed by atoms with E-state index in [0.29, 0.717) is 5.75 Å². The van der Waals surface area contributed by atoms with Crippen LogP contribution >= 0.6 is 0 Å². The molecule has 0 aliphatic rings. The summed E-state index contributed by atoms with van der Waals surface area (Å²) in [7, 11) is 0. The molecule has 54 heavy (non-hydrogen) atoms. The van der Waals surface area contributed by atoms with E-state index in [1.807, 2.05) is 24.3 Å². The van der Waals surface area contributed by atoms with Crippen LogP contribution in [0.1, 0.15) is 52.7 Å². The highest BCUT2D eigenvalue weighted by atomic mass is 16.6. The van der Waals surface area contributed by atoms with E-state index in [0.717, 1.165) is 11.1 Å². The monoisotopic (exact) mass is 752 g/mol. The second-order valence-electron chi connectivity index (χ2n) is 13.4. The maximum Gasteiger partial charge on any atom is 0.408 e. The fraction of sp³-hybridized carbons (Fsp3) is 0.368. The Kier molecular flexibility index (Phi) is 17.8. The normalized spacial score (nSPS) is 11.8. The fourth-order valence-electron chi connectivity index (χ4n) is 3.88. The number of para-hydroxylation sites is 1. The van der Waals surface area contributed by atoms with Crippen LogP contribution in [0, 0.1) is 0 Å². The first-order valence-electron chi connectivity index (χ1n) is 16.8. The van der Waals surface area contributed by atoms with Crippen molar-refractivity contribution in [1.29, 1.82) is 0 Å². The van der Waals surface area contributed by atoms with Crippen molar-refractivity contribution in [3.05, 3.63) is 102 Å². The standard InChI is InChI=1S/C22H26N2O6.C16H22N2O6/c1-22(2,3)30-20(26)23-14-18(19(25)29-17-12-8-5-9-13-17)24-21(27)28-15-16-10-6-4-7-11-16;1-16(2,3)24-14(21)17-9-12(13(19)20)18-15(22)23-10-11-7-5-4-6-8-11/h4-13,18H,14-15H2,1-3H3,(H,23,26)(H,24,27);4-8,12H,9-10H2,1-3H3,(H,17,21)(H,18,22)(H,19,20)/t18-;12-/m11/s1. The molecule has 292 valence electrons. The number of hydrogen-bond donors (Lipinski definition) is 5. The molecule has 0 aliphatic carbocycles. The SMILES string of the molecule is CC(C)(C)OC(=O)NC[C@@H](NC(=O)OCc1ccccc1)C(=O)O.CC(C)(C)OC(=O)NC[C@@H](NC(=O)OCc1ccccc1)C(=O)Oc1ccccc1. The van der Waals surface area contributed by atoms with Gasteiger partial charge < -0.3 is 50.1 Å². The molecule has 0 saturated carbocycles. The number of carbonyl (C=O) groups excluding carboxylic acids is 5. The van der Waals surface area contributed by atoms with Gasteiger partial charge in [-0.15, -0.1) is 0 Å². The number of carboxylic acids is 1. The van der Waals surface area contributed by atoms with E-state index in [4.69, 9.17) is 28.8 Å². The maximum atomic E-state index is 12.5. The number of nitrogens with one attached hydrogen (secondary N) is 4. The Morgan fingerprint density at radius 1 is 0.556 bits per heavy atom. The third-order valence-electron chi connectivity index (χ3n) is 6.25. The van der Waals surface area contributed by atoms with Gasteiger partial charge in [0, 0.05) is 0 Å². The molecule has 3 aromatic carbocycles. The molecule has 0 heterocycles. The summed E-state index contributed by atoms with van der Waals surface area (Å²) in [5, 5.41) is 18.4. The Hall–Kier alpha value is -6.32. The van der Waals surface area contributed by atoms with E-state index in [-0.39, 0.29) is 26.3 Å². The van der Waals surface area contributed by atoms with Gasteiger partial charge in [-0.1, -0.05) is 78.9 Å². The molecular weight excluding hydrogens is 704 g/mol. The Morgan fingerprint density at radius 2 is 0.926 bits per heavy atom. The Balaban J connectivity index is 0.000000383. The molecule has 4 amide bonds. The summed E-state index contributed by atoms with van der Waals surface area (Å²) in [6.45, 7) is 9.67. The lowest BCUT2D eigenvalue weighted by Gasteiger charge is -2.22. The number of benzene rings is 3. The molecule has 3 rings (SSSR count). The predicted octanol–water partition coefficient (Wildman–Crippen LogP) is 5.30. The van der Waals surface area contributed by atoms with Gasteiger partial charge in [0.25, 0.3) is 0 Å². The number of carbonyl (C=O) groups is 6. The number of carboxylic acid groups (broad SMARTS) is 1. The van der Waals surface area contributed by atoms with E-state index in [1.54, 1.807) is 108 Å². The van der Waals surface area contributed by atoms with E-state index < -0.39 is 59.6 Å². The van der Waals surface area contributed by atoms with E-state index in [9.17, 15) is 28.8 Å². The number of alkyl carbamates (subject to hydrolysis) is 4. The van der Waals surface area contributed by atoms with Gasteiger partial charge in [0.1, 0.15) is 42.2 Å². The van der Waals surface area contributed by atoms with Crippen molar-refractivity contribution < 1.29 is 57.6 Å². The van der Waals surface area contributed by atoms with Crippen LogP contribution in [-0.4, -0.2) is 77.8 Å². The van der Waals surface area contributed by atoms with Crippen molar-refractivity contribution in [3.63, 3.8) is 0 Å². The first kappa shape index (κ1) is 43.8. The molecule has 2 atom stereocenters. The van der Waals surface area contributed by atoms with Crippen LogP contribution < -0.4 is 26.0 Å². The smallest absolute Gasteiger partial charge is 0.408 e. The van der Waals surface area contributed by atoms with Crippen molar-refractivity contribution >= 4 is 36.3 Å². The van der Waals surface area contributed by atoms with Crippen LogP contribution in [0.4, 0.5) is 19.2 Å². The summed E-state index contributed by atoms with van der Waals surface area (Å²) in [5.41, 5.74) is 0.158. The molecule has 16 nitrogen and oxygen atoms in total. The number of hydrogen-bond acceptors (Lipinski definition) is 11. The van der Waals surface area contributed by atoms with Crippen molar-refractivity contribution in [2.75, 3.05) is 13.1 Å². The largest absolute Gasteiger partial charge is 0.480 e. The molecule has 5 N–H and O–H groups in total. The summed E-state index contributed by atoms with van der Waals surface area (Å²) in [4.78, 5) is 70.9. The van der Waals surface area contributed by atoms with Crippen molar-refractivity contribution in [1.82, 2.24) is 21.3 Å². The third kappa shape index (κ3) is 19.9. The highest BCUT2D eigenvalue weighted by molar-refractivity contribution is 5.84. The van der Waals surface area contributed by atoms with Crippen LogP contribution in [0.2, 0.25) is 0 Å². The fourth-order valence-corrected chi connectivity index (χ4v) is 3.88. The minimum absolute atomic E-state index is 0.0124. The molecule has 16 heteroatoms. The van der Waals surface area contributed by atoms with Gasteiger partial charge in [-0.05, 0) is 64.8 Å². The lowest BCUT2D eigenvalue weighted by atomic mass is 10.2. The number of rotatable bonds is 13. The molecule has 0 aromatic heterocycles. The minimum Gasteiger partial charge on any atom is -0.480 e. The van der Waals surface area contributed by atoms with E-state index >= 15 is 0 Å². The molecule has 0 aliphatic heterocycles. The van der Waals surface area contributed by atoms with Crippen LogP contribution in [0.25, 0.3) is 0 Å². The molecule has 0 fully saturated rings. The van der Waals surface area contributed by atoms with Gasteiger partial charge >= 0.3 is 36.3 Å². The lowest BCUT2D eigenvalue weighted by Crippen LogP contribution is -2.50. The Labute approximate surface area is 313 Å². The predicted molar refractivity (Wildman–Crippen MR) is 195 cm³/mol. The summed E-state index contributed by atoms with van der Waals surface area (Å²) >= 11 is 0. The van der Waals surface area contributed by atoms with E-state index in [1.165, 1.54) is 0 Å². The van der Waals surface area contributed by atoms with Gasteiger partial charge in [-0.25, -0.2) is 28.8 Å². The van der Waals surface area contributed by atoms with Gasteiger partial charge in [-0.3, -0.25) is 0 Å². The average Bonchev–Trinajstić information content (AvgIpc) is 3.10. The number of aliphatic carboxylic acids is 1.